The maximum absolute atomic E-state index is 11.6. The van der Waals surface area contributed by atoms with Crippen molar-refractivity contribution in [1.82, 2.24) is 0 Å². The number of carbonyl (C=O) groups is 1. The molecule has 0 aliphatic heterocycles. The van der Waals surface area contributed by atoms with E-state index in [1.165, 1.54) is 0 Å². The molecule has 0 heterocycles. The van der Waals surface area contributed by atoms with E-state index in [1.807, 2.05) is 6.92 Å². The zero-order chi connectivity index (χ0) is 12.1. The van der Waals surface area contributed by atoms with Gasteiger partial charge in [0.25, 0.3) is 0 Å². The Morgan fingerprint density at radius 3 is 2.56 bits per heavy atom. The largest absolute Gasteiger partial charge is 0.492 e. The molecule has 2 N–H and O–H groups in total. The molecule has 4 nitrogen and oxygen atoms in total. The number of carbonyl (C=O) groups excluding carboxylic acids is 1. The van der Waals surface area contributed by atoms with Crippen molar-refractivity contribution < 1.29 is 14.3 Å². The van der Waals surface area contributed by atoms with Gasteiger partial charge in [-0.1, -0.05) is 0 Å². The van der Waals surface area contributed by atoms with Crippen molar-refractivity contribution in [3.8, 4) is 5.75 Å². The number of ether oxygens (including phenoxy) is 2. The molecule has 0 spiro atoms. The Morgan fingerprint density at radius 1 is 1.31 bits per heavy atom. The van der Waals surface area contributed by atoms with E-state index in [-0.39, 0.29) is 5.97 Å². The van der Waals surface area contributed by atoms with Crippen LogP contribution in [0.15, 0.2) is 12.1 Å². The van der Waals surface area contributed by atoms with Crippen molar-refractivity contribution in [2.24, 2.45) is 0 Å². The summed E-state index contributed by atoms with van der Waals surface area (Å²) in [6.45, 7) is 6.33. The molecule has 0 amide bonds. The Morgan fingerprint density at radius 2 is 2.00 bits per heavy atom. The van der Waals surface area contributed by atoms with Gasteiger partial charge in [-0.3, -0.25) is 0 Å². The second-order valence-electron chi connectivity index (χ2n) is 3.30. The van der Waals surface area contributed by atoms with Crippen molar-refractivity contribution in [2.75, 3.05) is 18.9 Å². The van der Waals surface area contributed by atoms with Crippen LogP contribution in [0.2, 0.25) is 0 Å². The standard InChI is InChI=1S/C12H17NO3/c1-4-15-10-7-6-9(8(3)11(10)13)12(14)16-5-2/h6-7H,4-5,13H2,1-3H3. The summed E-state index contributed by atoms with van der Waals surface area (Å²) in [5.74, 6) is 0.253. The first kappa shape index (κ1) is 12.4. The summed E-state index contributed by atoms with van der Waals surface area (Å²) in [5, 5.41) is 0. The highest BCUT2D eigenvalue weighted by Gasteiger charge is 2.14. The Labute approximate surface area is 95.3 Å². The molecule has 0 bridgehead atoms. The highest BCUT2D eigenvalue weighted by atomic mass is 16.5. The molecule has 0 aliphatic carbocycles. The zero-order valence-corrected chi connectivity index (χ0v) is 9.87. The monoisotopic (exact) mass is 223 g/mol. The van der Waals surface area contributed by atoms with Gasteiger partial charge in [0.05, 0.1) is 24.5 Å². The molecule has 0 aromatic heterocycles. The normalized spacial score (nSPS) is 9.94. The van der Waals surface area contributed by atoms with E-state index in [0.29, 0.717) is 35.8 Å². The Balaban J connectivity index is 3.06. The molecule has 0 fully saturated rings. The van der Waals surface area contributed by atoms with Crippen LogP contribution in [-0.4, -0.2) is 19.2 Å². The van der Waals surface area contributed by atoms with Gasteiger partial charge in [0.1, 0.15) is 5.75 Å². The second-order valence-corrected chi connectivity index (χ2v) is 3.30. The van der Waals surface area contributed by atoms with Crippen molar-refractivity contribution in [3.05, 3.63) is 23.3 Å². The molecule has 0 saturated heterocycles. The first-order valence-electron chi connectivity index (χ1n) is 5.30. The SMILES string of the molecule is CCOC(=O)c1ccc(OCC)c(N)c1C. The van der Waals surface area contributed by atoms with Crippen LogP contribution >= 0.6 is 0 Å². The van der Waals surface area contributed by atoms with E-state index >= 15 is 0 Å². The highest BCUT2D eigenvalue weighted by molar-refractivity contribution is 5.93. The van der Waals surface area contributed by atoms with Gasteiger partial charge in [0, 0.05) is 0 Å². The van der Waals surface area contributed by atoms with Crippen molar-refractivity contribution in [1.29, 1.82) is 0 Å². The highest BCUT2D eigenvalue weighted by Crippen LogP contribution is 2.28. The molecule has 1 rings (SSSR count). The van der Waals surface area contributed by atoms with Crippen LogP contribution in [0.4, 0.5) is 5.69 Å². The maximum Gasteiger partial charge on any atom is 0.338 e. The average Bonchev–Trinajstić information content (AvgIpc) is 2.25. The topological polar surface area (TPSA) is 61.5 Å². The van der Waals surface area contributed by atoms with Crippen LogP contribution in [0, 0.1) is 6.92 Å². The molecule has 0 unspecified atom stereocenters. The van der Waals surface area contributed by atoms with Crippen molar-refractivity contribution >= 4 is 11.7 Å². The summed E-state index contributed by atoms with van der Waals surface area (Å²) < 4.78 is 10.3. The smallest absolute Gasteiger partial charge is 0.338 e. The van der Waals surface area contributed by atoms with Crippen LogP contribution in [0.1, 0.15) is 29.8 Å². The van der Waals surface area contributed by atoms with E-state index in [4.69, 9.17) is 15.2 Å². The Hall–Kier alpha value is -1.71. The van der Waals surface area contributed by atoms with Gasteiger partial charge in [0.2, 0.25) is 0 Å². The minimum atomic E-state index is -0.352. The quantitative estimate of drug-likeness (QED) is 0.627. The first-order chi connectivity index (χ1) is 7.61. The number of anilines is 1. The average molecular weight is 223 g/mol. The van der Waals surface area contributed by atoms with Gasteiger partial charge in [-0.05, 0) is 38.5 Å². The molecule has 0 atom stereocenters. The molecule has 0 saturated carbocycles. The lowest BCUT2D eigenvalue weighted by Gasteiger charge is -2.12. The second kappa shape index (κ2) is 5.39. The molecule has 4 heteroatoms. The molecular weight excluding hydrogens is 206 g/mol. The van der Waals surface area contributed by atoms with E-state index < -0.39 is 0 Å². The fourth-order valence-corrected chi connectivity index (χ4v) is 1.42. The number of hydrogen-bond acceptors (Lipinski definition) is 4. The maximum atomic E-state index is 11.6. The summed E-state index contributed by atoms with van der Waals surface area (Å²) in [6, 6.07) is 3.37. The van der Waals surface area contributed by atoms with Crippen molar-refractivity contribution in [3.63, 3.8) is 0 Å². The van der Waals surface area contributed by atoms with Gasteiger partial charge >= 0.3 is 5.97 Å². The van der Waals surface area contributed by atoms with Crippen LogP contribution in [0.25, 0.3) is 0 Å². The van der Waals surface area contributed by atoms with Crippen LogP contribution in [0.3, 0.4) is 0 Å². The van der Waals surface area contributed by atoms with Crippen molar-refractivity contribution in [2.45, 2.75) is 20.8 Å². The summed E-state index contributed by atoms with van der Waals surface area (Å²) >= 11 is 0. The molecule has 88 valence electrons. The summed E-state index contributed by atoms with van der Waals surface area (Å²) in [5.41, 5.74) is 7.55. The number of esters is 1. The minimum absolute atomic E-state index is 0.352. The van der Waals surface area contributed by atoms with Gasteiger partial charge < -0.3 is 15.2 Å². The van der Waals surface area contributed by atoms with E-state index in [0.717, 1.165) is 0 Å². The number of benzene rings is 1. The lowest BCUT2D eigenvalue weighted by Crippen LogP contribution is -2.09. The summed E-state index contributed by atoms with van der Waals surface area (Å²) in [7, 11) is 0. The Bertz CT molecular complexity index is 388. The summed E-state index contributed by atoms with van der Waals surface area (Å²) in [6.07, 6.45) is 0. The zero-order valence-electron chi connectivity index (χ0n) is 9.87. The minimum Gasteiger partial charge on any atom is -0.492 e. The predicted octanol–water partition coefficient (Wildman–Crippen LogP) is 2.15. The number of hydrogen-bond donors (Lipinski definition) is 1. The molecule has 1 aromatic rings. The third-order valence-electron chi connectivity index (χ3n) is 2.27. The van der Waals surface area contributed by atoms with E-state index in [2.05, 4.69) is 0 Å². The van der Waals surface area contributed by atoms with E-state index in [1.54, 1.807) is 26.0 Å². The molecular formula is C12H17NO3. The van der Waals surface area contributed by atoms with Gasteiger partial charge in [-0.25, -0.2) is 4.79 Å². The fourth-order valence-electron chi connectivity index (χ4n) is 1.42. The number of rotatable bonds is 4. The molecule has 16 heavy (non-hydrogen) atoms. The van der Waals surface area contributed by atoms with Gasteiger partial charge in [-0.2, -0.15) is 0 Å². The number of nitrogens with two attached hydrogens (primary N) is 1. The van der Waals surface area contributed by atoms with Crippen LogP contribution in [0.5, 0.6) is 5.75 Å². The van der Waals surface area contributed by atoms with Crippen LogP contribution < -0.4 is 10.5 Å². The lowest BCUT2D eigenvalue weighted by molar-refractivity contribution is 0.0525. The van der Waals surface area contributed by atoms with Crippen LogP contribution in [-0.2, 0) is 4.74 Å². The number of nitrogen functional groups attached to an aromatic ring is 1. The lowest BCUT2D eigenvalue weighted by atomic mass is 10.1. The molecule has 0 aliphatic rings. The van der Waals surface area contributed by atoms with E-state index in [9.17, 15) is 4.79 Å². The third kappa shape index (κ3) is 2.45. The fraction of sp³-hybridized carbons (Fsp3) is 0.417. The van der Waals surface area contributed by atoms with Gasteiger partial charge in [0.15, 0.2) is 0 Å². The Kier molecular flexibility index (Phi) is 4.17. The molecule has 1 aromatic carbocycles. The predicted molar refractivity (Wildman–Crippen MR) is 62.7 cm³/mol. The third-order valence-corrected chi connectivity index (χ3v) is 2.27. The van der Waals surface area contributed by atoms with Gasteiger partial charge in [-0.15, -0.1) is 0 Å². The molecule has 0 radical (unpaired) electrons. The first-order valence-corrected chi connectivity index (χ1v) is 5.30. The summed E-state index contributed by atoms with van der Waals surface area (Å²) in [4.78, 5) is 11.6.